The summed E-state index contributed by atoms with van der Waals surface area (Å²) in [5.74, 6) is 5.25. The highest BCUT2D eigenvalue weighted by atomic mass is 32.2. The largest absolute Gasteiger partial charge is 0.324 e. The van der Waals surface area contributed by atoms with Gasteiger partial charge in [-0.1, -0.05) is 0 Å². The van der Waals surface area contributed by atoms with Crippen LogP contribution in [0.25, 0.3) is 0 Å². The monoisotopic (exact) mass is 336 g/mol. The van der Waals surface area contributed by atoms with Crippen LogP contribution in [0.2, 0.25) is 0 Å². The molecule has 118 valence electrons. The second-order valence-electron chi connectivity index (χ2n) is 4.35. The molecule has 0 heterocycles. The topological polar surface area (TPSA) is 144 Å². The fourth-order valence-corrected chi connectivity index (χ4v) is 3.98. The van der Waals surface area contributed by atoms with Crippen molar-refractivity contribution in [1.82, 2.24) is 4.72 Å². The Labute approximate surface area is 124 Å². The quantitative estimate of drug-likeness (QED) is 0.359. The van der Waals surface area contributed by atoms with Crippen molar-refractivity contribution in [3.05, 3.63) is 28.3 Å². The fraction of sp³-hybridized carbons (Fsp3) is 0.400. The van der Waals surface area contributed by atoms with Crippen molar-refractivity contribution in [2.24, 2.45) is 5.84 Å². The zero-order chi connectivity index (χ0) is 16.2. The van der Waals surface area contributed by atoms with E-state index in [9.17, 15) is 22.7 Å². The highest BCUT2D eigenvalue weighted by molar-refractivity contribution is 7.89. The molecule has 1 aromatic carbocycles. The molecule has 11 heteroatoms. The minimum absolute atomic E-state index is 0.107. The van der Waals surface area contributed by atoms with Crippen molar-refractivity contribution in [3.8, 4) is 0 Å². The molecule has 1 rings (SSSR count). The van der Waals surface area contributed by atoms with Gasteiger partial charge in [-0.3, -0.25) is 20.2 Å². The molecular formula is C10H16N4O5S2. The Balaban J connectivity index is 3.19. The van der Waals surface area contributed by atoms with E-state index in [1.54, 1.807) is 0 Å². The summed E-state index contributed by atoms with van der Waals surface area (Å²) in [4.78, 5) is 9.72. The molecule has 1 aromatic rings. The predicted molar refractivity (Wildman–Crippen MR) is 79.6 cm³/mol. The van der Waals surface area contributed by atoms with Gasteiger partial charge in [0.05, 0.1) is 10.6 Å². The van der Waals surface area contributed by atoms with Crippen molar-refractivity contribution in [2.45, 2.75) is 17.9 Å². The van der Waals surface area contributed by atoms with Crippen molar-refractivity contribution >= 4 is 32.2 Å². The standard InChI is InChI=1S/C10H16N4O5S2/c1-7(6-20(2)17)13-21(18,19)10-4-3-8(12-11)5-9(10)14(15)16/h3-5,7,12-13H,6,11H2,1-2H3. The molecule has 0 aliphatic rings. The Bertz CT molecular complexity index is 661. The van der Waals surface area contributed by atoms with E-state index in [0.29, 0.717) is 0 Å². The van der Waals surface area contributed by atoms with Gasteiger partial charge in [0.15, 0.2) is 4.90 Å². The molecule has 0 aliphatic carbocycles. The summed E-state index contributed by atoms with van der Waals surface area (Å²) >= 11 is 0. The molecule has 0 aliphatic heterocycles. The van der Waals surface area contributed by atoms with Gasteiger partial charge in [-0.25, -0.2) is 13.1 Å². The Morgan fingerprint density at radius 1 is 1.48 bits per heavy atom. The Hall–Kier alpha value is -1.56. The van der Waals surface area contributed by atoms with Crippen molar-refractivity contribution in [2.75, 3.05) is 17.4 Å². The number of hydrogen-bond acceptors (Lipinski definition) is 7. The molecule has 0 spiro atoms. The predicted octanol–water partition coefficient (Wildman–Crippen LogP) is -0.0743. The van der Waals surface area contributed by atoms with Crippen LogP contribution in [0.15, 0.2) is 23.1 Å². The second kappa shape index (κ2) is 6.93. The summed E-state index contributed by atoms with van der Waals surface area (Å²) in [6.45, 7) is 1.53. The van der Waals surface area contributed by atoms with Crippen LogP contribution in [-0.2, 0) is 20.8 Å². The molecule has 4 N–H and O–H groups in total. The Morgan fingerprint density at radius 2 is 2.10 bits per heavy atom. The van der Waals surface area contributed by atoms with Gasteiger partial charge < -0.3 is 5.43 Å². The number of nitrogen functional groups attached to an aromatic ring is 1. The first-order valence-electron chi connectivity index (χ1n) is 5.74. The maximum atomic E-state index is 12.2. The summed E-state index contributed by atoms with van der Waals surface area (Å²) in [5.41, 5.74) is 1.82. The lowest BCUT2D eigenvalue weighted by molar-refractivity contribution is -0.387. The minimum Gasteiger partial charge on any atom is -0.324 e. The van der Waals surface area contributed by atoms with E-state index in [1.165, 1.54) is 19.2 Å². The van der Waals surface area contributed by atoms with Gasteiger partial charge in [-0.15, -0.1) is 0 Å². The van der Waals surface area contributed by atoms with E-state index in [2.05, 4.69) is 10.1 Å². The SMILES string of the molecule is CC(CS(C)=O)NS(=O)(=O)c1ccc(NN)cc1[N+](=O)[O-]. The molecule has 0 radical (unpaired) electrons. The number of hydrazine groups is 1. The molecule has 0 fully saturated rings. The minimum atomic E-state index is -4.10. The van der Waals surface area contributed by atoms with E-state index in [0.717, 1.165) is 12.1 Å². The Morgan fingerprint density at radius 3 is 2.57 bits per heavy atom. The molecule has 9 nitrogen and oxygen atoms in total. The molecule has 0 bridgehead atoms. The van der Waals surface area contributed by atoms with Crippen LogP contribution >= 0.6 is 0 Å². The molecule has 0 saturated heterocycles. The average Bonchev–Trinajstić information content (AvgIpc) is 2.36. The number of hydrogen-bond donors (Lipinski definition) is 3. The fourth-order valence-electron chi connectivity index (χ4n) is 1.69. The summed E-state index contributed by atoms with van der Waals surface area (Å²) in [7, 11) is -5.29. The number of anilines is 1. The van der Waals surface area contributed by atoms with Gasteiger partial charge in [0.2, 0.25) is 10.0 Å². The third-order valence-electron chi connectivity index (χ3n) is 2.45. The van der Waals surface area contributed by atoms with Crippen molar-refractivity contribution in [3.63, 3.8) is 0 Å². The van der Waals surface area contributed by atoms with Gasteiger partial charge >= 0.3 is 0 Å². The van der Waals surface area contributed by atoms with Crippen molar-refractivity contribution < 1.29 is 17.6 Å². The highest BCUT2D eigenvalue weighted by Gasteiger charge is 2.27. The van der Waals surface area contributed by atoms with Gasteiger partial charge in [0, 0.05) is 34.9 Å². The molecular weight excluding hydrogens is 320 g/mol. The smallest absolute Gasteiger partial charge is 0.291 e. The normalized spacial score (nSPS) is 14.4. The van der Waals surface area contributed by atoms with Crippen LogP contribution in [0.5, 0.6) is 0 Å². The Kier molecular flexibility index (Phi) is 5.78. The maximum Gasteiger partial charge on any atom is 0.291 e. The summed E-state index contributed by atoms with van der Waals surface area (Å²) in [6.07, 6.45) is 1.44. The van der Waals surface area contributed by atoms with E-state index >= 15 is 0 Å². The third kappa shape index (κ3) is 4.74. The van der Waals surface area contributed by atoms with E-state index < -0.39 is 42.4 Å². The molecule has 0 aromatic heterocycles. The number of benzene rings is 1. The lowest BCUT2D eigenvalue weighted by atomic mass is 10.3. The summed E-state index contributed by atoms with van der Waals surface area (Å²) < 4.78 is 37.7. The number of nitrogens with two attached hydrogens (primary N) is 1. The van der Waals surface area contributed by atoms with E-state index in [4.69, 9.17) is 5.84 Å². The maximum absolute atomic E-state index is 12.2. The molecule has 0 saturated carbocycles. The number of nitrogens with one attached hydrogen (secondary N) is 2. The number of nitro groups is 1. The van der Waals surface area contributed by atoms with Crippen LogP contribution in [0.3, 0.4) is 0 Å². The summed E-state index contributed by atoms with van der Waals surface area (Å²) in [5, 5.41) is 11.0. The molecule has 0 amide bonds. The van der Waals surface area contributed by atoms with Gasteiger partial charge in [0.25, 0.3) is 5.69 Å². The average molecular weight is 336 g/mol. The van der Waals surface area contributed by atoms with Gasteiger partial charge in [-0.05, 0) is 19.1 Å². The van der Waals surface area contributed by atoms with Gasteiger partial charge in [-0.2, -0.15) is 0 Å². The molecule has 21 heavy (non-hydrogen) atoms. The zero-order valence-corrected chi connectivity index (χ0v) is 13.0. The second-order valence-corrected chi connectivity index (χ2v) is 7.51. The lowest BCUT2D eigenvalue weighted by Crippen LogP contribution is -2.36. The lowest BCUT2D eigenvalue weighted by Gasteiger charge is -2.13. The number of nitrogens with zero attached hydrogens (tertiary/aromatic N) is 1. The van der Waals surface area contributed by atoms with E-state index in [1.807, 2.05) is 0 Å². The van der Waals surface area contributed by atoms with Crippen LogP contribution in [0.1, 0.15) is 6.92 Å². The number of sulfonamides is 1. The van der Waals surface area contributed by atoms with Crippen LogP contribution in [-0.4, -0.2) is 35.6 Å². The van der Waals surface area contributed by atoms with Crippen LogP contribution < -0.4 is 16.0 Å². The first kappa shape index (κ1) is 17.5. The molecule has 2 atom stereocenters. The number of rotatable bonds is 7. The van der Waals surface area contributed by atoms with E-state index in [-0.39, 0.29) is 11.4 Å². The first-order chi connectivity index (χ1) is 9.67. The van der Waals surface area contributed by atoms with Crippen LogP contribution in [0, 0.1) is 10.1 Å². The van der Waals surface area contributed by atoms with Crippen molar-refractivity contribution in [1.29, 1.82) is 0 Å². The number of nitro benzene ring substituents is 1. The van der Waals surface area contributed by atoms with Crippen LogP contribution in [0.4, 0.5) is 11.4 Å². The third-order valence-corrected chi connectivity index (χ3v) is 5.06. The highest BCUT2D eigenvalue weighted by Crippen LogP contribution is 2.26. The summed E-state index contributed by atoms with van der Waals surface area (Å²) in [6, 6.07) is 2.81. The van der Waals surface area contributed by atoms with Gasteiger partial charge in [0.1, 0.15) is 0 Å². The first-order valence-corrected chi connectivity index (χ1v) is 8.96. The zero-order valence-electron chi connectivity index (χ0n) is 11.4. The molecule has 2 unspecified atom stereocenters.